The second-order valence-electron chi connectivity index (χ2n) is 37.3. The third kappa shape index (κ3) is 26.3. The van der Waals surface area contributed by atoms with E-state index in [1.807, 2.05) is 0 Å². The summed E-state index contributed by atoms with van der Waals surface area (Å²) in [4.78, 5) is 66.9. The molecule has 64 heteroatoms. The first kappa shape index (κ1) is 120. The third-order valence-electron chi connectivity index (χ3n) is 27.0. The van der Waals surface area contributed by atoms with Gasteiger partial charge in [0.1, 0.15) is 280 Å². The molecule has 60 atom stereocenters. The Bertz CT molecular complexity index is 4090. The topological polar surface area (TPSA) is 985 Å². The van der Waals surface area contributed by atoms with Crippen molar-refractivity contribution in [1.29, 1.82) is 0 Å². The largest absolute Gasteiger partial charge is 0.394 e. The minimum atomic E-state index is -2.89. The highest BCUT2D eigenvalue weighted by Gasteiger charge is 2.65. The highest BCUT2D eigenvalue weighted by atomic mass is 16.8. The minimum absolute atomic E-state index is 0.853. The summed E-state index contributed by atoms with van der Waals surface area (Å²) in [6, 6.07) is -10.3. The van der Waals surface area contributed by atoms with Gasteiger partial charge in [0.05, 0.1) is 78.3 Å². The van der Waals surface area contributed by atoms with Crippen molar-refractivity contribution in [2.24, 2.45) is 0 Å². The van der Waals surface area contributed by atoms with Gasteiger partial charge in [0.15, 0.2) is 75.5 Å². The van der Waals surface area contributed by atoms with Gasteiger partial charge in [0, 0.05) is 34.6 Å². The van der Waals surface area contributed by atoms with Gasteiger partial charge in [-0.15, -0.1) is 0 Å². The van der Waals surface area contributed by atoms with Crippen LogP contribution in [-0.2, 0) is 133 Å². The zero-order chi connectivity index (χ0) is 107. The van der Waals surface area contributed by atoms with E-state index < -0.39 is 464 Å². The zero-order valence-electron chi connectivity index (χ0n) is 79.0. The average Bonchev–Trinajstić information content (AvgIpc) is 0.754. The smallest absolute Gasteiger partial charge is 0.217 e. The average molecular weight is 2140 g/mol. The maximum atomic E-state index is 13.9. The first-order valence-electron chi connectivity index (χ1n) is 46.9. The van der Waals surface area contributed by atoms with Gasteiger partial charge in [0.2, 0.25) is 29.5 Å². The molecule has 0 bridgehead atoms. The van der Waals surface area contributed by atoms with Crippen LogP contribution in [0.3, 0.4) is 0 Å². The molecule has 0 aromatic carbocycles. The van der Waals surface area contributed by atoms with Crippen LogP contribution in [0.2, 0.25) is 0 Å². The summed E-state index contributed by atoms with van der Waals surface area (Å²) in [7, 11) is 0. The third-order valence-corrected chi connectivity index (χ3v) is 27.0. The van der Waals surface area contributed by atoms with Crippen molar-refractivity contribution in [3.63, 3.8) is 0 Å². The van der Waals surface area contributed by atoms with Crippen LogP contribution >= 0.6 is 0 Å². The fraction of sp³-hybridized carbons (Fsp3) is 0.939. The van der Waals surface area contributed by atoms with E-state index in [9.17, 15) is 182 Å². The van der Waals surface area contributed by atoms with Crippen LogP contribution in [0.1, 0.15) is 48.5 Å². The van der Waals surface area contributed by atoms with Gasteiger partial charge in [0.25, 0.3) is 0 Å². The summed E-state index contributed by atoms with van der Waals surface area (Å²) in [5, 5.41) is 365. The lowest BCUT2D eigenvalue weighted by atomic mass is 9.93. The van der Waals surface area contributed by atoms with Gasteiger partial charge in [-0.25, -0.2) is 0 Å². The first-order valence-corrected chi connectivity index (χ1v) is 46.9. The van der Waals surface area contributed by atoms with Gasteiger partial charge in [-0.2, -0.15) is 0 Å². The number of hydrogen-bond acceptors (Lipinski definition) is 59. The molecule has 0 spiro atoms. The summed E-state index contributed by atoms with van der Waals surface area (Å²) in [6.45, 7) is -5.72. The van der Waals surface area contributed by atoms with Gasteiger partial charge < -0.3 is 294 Å². The number of nitrogens with one attached hydrogen (secondary N) is 5. The SMILES string of the molecule is CC(=O)N[C@H]1[C@H](O[C@H]2[C@H](O)[C@@H](NC(C)=O)C(O)O[C@@H]2CO)O[C@H](CO)[C@@H](O[C@@H]2O[C@H](CO[C@H]3O[C@H](CO)[C@@H](O)[C@H](O)[C@@H]3O[C@@H]3O[C@H](CO)[C@@H](O[C@@H]4O[C@H](CO)[C@H](O)[C@H](O)[C@H]4O)[C@H](O[C@@H]4O[C@@H](C)[C@@H](O)[C@@H](O)[C@@H]4O)[C@H]3NC(C)=O)[C@@H](O[C@@H]3O[C@H](CO)[C@@H](O)[C@H](O)[C@H]3NC(C)=O)[C@H](O[C@H]3O[C@H](CO)[C@@H](O)[C@H](O)[C@@H]3O[C@@H]3O[C@H](CO)[C@@H](O[C@@H]4O[C@H](CO)[C@H](O)[C@H](O)[C@H]4O)[C@H](O[C@@H]4O[C@@H](C)[C@@H](O)[C@@H](O)[C@@H]4O)[C@H]3NC(C)=O)[C@@H]2O)[C@@H]1O. The number of rotatable bonds is 37. The molecule has 0 aliphatic carbocycles. The summed E-state index contributed by atoms with van der Waals surface area (Å²) >= 11 is 0. The second kappa shape index (κ2) is 52.2. The number of ether oxygens (including phenoxy) is 23. The number of carbonyl (C=O) groups excluding carboxylic acids is 5. The quantitative estimate of drug-likeness (QED) is 0.0275. The summed E-state index contributed by atoms with van der Waals surface area (Å²) in [6.07, 6.45) is -123. The molecule has 12 saturated heterocycles. The minimum Gasteiger partial charge on any atom is -0.394 e. The lowest BCUT2D eigenvalue weighted by Gasteiger charge is -2.53. The van der Waals surface area contributed by atoms with Crippen molar-refractivity contribution in [2.75, 3.05) is 66.1 Å². The molecular formula is C82H137N5O59. The molecule has 12 rings (SSSR count). The predicted octanol–water partition coefficient (Wildman–Crippen LogP) is -24.4. The Morgan fingerprint density at radius 2 is 0.425 bits per heavy atom. The maximum Gasteiger partial charge on any atom is 0.217 e. The Balaban J connectivity index is 0.999. The number of hydrogen-bond donors (Lipinski definition) is 36. The molecule has 64 nitrogen and oxygen atoms in total. The predicted molar refractivity (Wildman–Crippen MR) is 450 cm³/mol. The molecule has 1 unspecified atom stereocenters. The molecule has 0 saturated carbocycles. The molecule has 12 fully saturated rings. The van der Waals surface area contributed by atoms with E-state index in [4.69, 9.17) is 109 Å². The van der Waals surface area contributed by atoms with Gasteiger partial charge in [-0.3, -0.25) is 24.0 Å². The van der Waals surface area contributed by atoms with Crippen molar-refractivity contribution in [3.05, 3.63) is 0 Å². The fourth-order valence-corrected chi connectivity index (χ4v) is 19.2. The molecule has 844 valence electrons. The van der Waals surface area contributed by atoms with E-state index in [0.29, 0.717) is 0 Å². The van der Waals surface area contributed by atoms with E-state index in [1.165, 1.54) is 13.8 Å². The van der Waals surface area contributed by atoms with E-state index >= 15 is 0 Å². The Hall–Kier alpha value is -4.81. The molecular weight excluding hydrogens is 2000 g/mol. The van der Waals surface area contributed by atoms with Gasteiger partial charge in [-0.1, -0.05) is 0 Å². The van der Waals surface area contributed by atoms with Crippen LogP contribution in [0.4, 0.5) is 0 Å². The highest BCUT2D eigenvalue weighted by Crippen LogP contribution is 2.44. The Labute approximate surface area is 827 Å². The van der Waals surface area contributed by atoms with Gasteiger partial charge in [-0.05, 0) is 13.8 Å². The molecule has 12 heterocycles. The van der Waals surface area contributed by atoms with Crippen LogP contribution in [0, 0.1) is 0 Å². The standard InChI is InChI=1S/C82H137N5O59/c1-18-40(102)50(112)56(118)76(125-18)142-66-38(86-23(6)100)74(134-32(15-95)63(66)140-78-58(120)52(114)43(105)26(9-89)129-78)145-69-54(116)45(107)28(11-91)131-81(69)124-17-34-65(139-72-36(84-21(4)98)47(109)42(104)25(8-88)128-72)68(60(122)80(136-34)138-62-31(14-94)133-73(37(49(62)111)85-22(5)99)137-61-30(13-93)127-71(123)35(48(61)110)83-20(3)97)144-82-70(55(117)46(108)29(12-92)132-82)146-75-39(87-24(7)101)67(143-77-57(119)51(113)41(103)19(2)126-77)64(33(16-96)135-75)141-79-59(121)53(115)44(106)27(10-90)130-79/h18-19,25-82,88-96,102-123H,8-17H2,1-7H3,(H,83,97)(H,84,98)(H,85,99)(H,86,100)(H,87,101)/t18-,19-,25+,26+,27+,28+,29+,30+,31+,32+,33+,34+,35+,36+,37+,38+,39+,40+,41+,42+,43-,44-,45+,46+,47+,48+,49+,50+,51+,52-,53-,54-,55-,56-,57-,58+,59+,60-,61+,62+,63+,64+,65+,66+,67+,68+,69-,70-,71?,72-,73-,74-,75-,76-,77-,78-,79-,80-,81-,82+/m0/s1. The fourth-order valence-electron chi connectivity index (χ4n) is 19.2. The van der Waals surface area contributed by atoms with E-state index in [0.717, 1.165) is 34.6 Å². The van der Waals surface area contributed by atoms with Crippen molar-refractivity contribution in [2.45, 2.75) is 417 Å². The number of aliphatic hydroxyl groups excluding tert-OH is 31. The van der Waals surface area contributed by atoms with Crippen LogP contribution in [0.5, 0.6) is 0 Å². The molecule has 5 amide bonds. The van der Waals surface area contributed by atoms with Crippen molar-refractivity contribution < 1.29 is 291 Å². The molecule has 0 aromatic heterocycles. The van der Waals surface area contributed by atoms with Crippen LogP contribution in [-0.4, -0.2) is 622 Å². The molecule has 12 aliphatic heterocycles. The van der Waals surface area contributed by atoms with Crippen LogP contribution in [0.25, 0.3) is 0 Å². The van der Waals surface area contributed by atoms with E-state index in [1.54, 1.807) is 0 Å². The molecule has 12 aliphatic rings. The summed E-state index contributed by atoms with van der Waals surface area (Å²) < 4.78 is 143. The normalized spacial score (nSPS) is 49.8. The summed E-state index contributed by atoms with van der Waals surface area (Å²) in [5.74, 6) is -5.14. The molecule has 0 radical (unpaired) electrons. The molecule has 0 aromatic rings. The Morgan fingerprint density at radius 1 is 0.192 bits per heavy atom. The number of amides is 5. The Morgan fingerprint density at radius 3 is 0.815 bits per heavy atom. The maximum absolute atomic E-state index is 13.9. The lowest BCUT2D eigenvalue weighted by molar-refractivity contribution is -0.412. The number of aliphatic hydroxyl groups is 31. The highest BCUT2D eigenvalue weighted by molar-refractivity contribution is 5.75. The Kier molecular flexibility index (Phi) is 42.8. The van der Waals surface area contributed by atoms with E-state index in [-0.39, 0.29) is 0 Å². The molecule has 36 N–H and O–H groups in total. The van der Waals surface area contributed by atoms with Crippen molar-refractivity contribution >= 4 is 29.5 Å². The second-order valence-corrected chi connectivity index (χ2v) is 37.3. The lowest BCUT2D eigenvalue weighted by Crippen LogP contribution is -2.72. The van der Waals surface area contributed by atoms with Crippen LogP contribution in [0.15, 0.2) is 0 Å². The first-order chi connectivity index (χ1) is 69.0. The van der Waals surface area contributed by atoms with Gasteiger partial charge >= 0.3 is 0 Å². The number of carbonyl (C=O) groups is 5. The monoisotopic (exact) mass is 2140 g/mol. The van der Waals surface area contributed by atoms with Crippen LogP contribution < -0.4 is 26.6 Å². The van der Waals surface area contributed by atoms with Crippen molar-refractivity contribution in [3.8, 4) is 0 Å². The summed E-state index contributed by atoms with van der Waals surface area (Å²) in [5.41, 5.74) is 0. The van der Waals surface area contributed by atoms with E-state index in [2.05, 4.69) is 26.6 Å². The zero-order valence-corrected chi connectivity index (χ0v) is 79.0. The van der Waals surface area contributed by atoms with Crippen molar-refractivity contribution in [1.82, 2.24) is 26.6 Å². The molecule has 146 heavy (non-hydrogen) atoms.